The van der Waals surface area contributed by atoms with E-state index in [4.69, 9.17) is 18.9 Å². The van der Waals surface area contributed by atoms with Gasteiger partial charge in [0.2, 0.25) is 6.79 Å². The highest BCUT2D eigenvalue weighted by Gasteiger charge is 2.14. The first-order valence-electron chi connectivity index (χ1n) is 8.60. The number of nitrogens with one attached hydrogen (secondary N) is 1. The van der Waals surface area contributed by atoms with E-state index in [0.29, 0.717) is 29.4 Å². The van der Waals surface area contributed by atoms with Crippen molar-refractivity contribution < 1.29 is 28.5 Å². The van der Waals surface area contributed by atoms with Crippen LogP contribution in [0.5, 0.6) is 17.2 Å². The Kier molecular flexibility index (Phi) is 5.80. The van der Waals surface area contributed by atoms with E-state index in [1.54, 1.807) is 36.4 Å². The number of carbonyl (C=O) groups is 2. The Balaban J connectivity index is 1.44. The molecule has 7 nitrogen and oxygen atoms in total. The normalized spacial score (nSPS) is 12.0. The Bertz CT molecular complexity index is 816. The second-order valence-corrected chi connectivity index (χ2v) is 6.23. The molecule has 0 aliphatic carbocycles. The second-order valence-electron chi connectivity index (χ2n) is 6.23. The molecule has 1 amide bonds. The van der Waals surface area contributed by atoms with E-state index in [0.717, 1.165) is 5.56 Å². The maximum atomic E-state index is 12.0. The molecule has 1 N–H and O–H groups in total. The minimum atomic E-state index is -0.565. The largest absolute Gasteiger partial charge is 0.491 e. The number of hydrogen-bond donors (Lipinski definition) is 1. The van der Waals surface area contributed by atoms with Crippen LogP contribution in [0.25, 0.3) is 0 Å². The average Bonchev–Trinajstić information content (AvgIpc) is 3.12. The van der Waals surface area contributed by atoms with Gasteiger partial charge in [0.15, 0.2) is 18.1 Å². The van der Waals surface area contributed by atoms with Gasteiger partial charge in [-0.15, -0.1) is 0 Å². The first kappa shape index (κ1) is 18.6. The number of ether oxygens (including phenoxy) is 4. The molecule has 0 aromatic heterocycles. The molecule has 3 rings (SSSR count). The number of benzene rings is 2. The number of carbonyl (C=O) groups excluding carboxylic acids is 2. The molecule has 0 bridgehead atoms. The number of rotatable bonds is 7. The lowest BCUT2D eigenvalue weighted by molar-refractivity contribution is -0.124. The van der Waals surface area contributed by atoms with Crippen LogP contribution in [-0.4, -0.2) is 31.4 Å². The average molecular weight is 371 g/mol. The van der Waals surface area contributed by atoms with Gasteiger partial charge in [0.05, 0.1) is 11.7 Å². The minimum absolute atomic E-state index is 0.0521. The van der Waals surface area contributed by atoms with Gasteiger partial charge in [-0.05, 0) is 55.8 Å². The summed E-state index contributed by atoms with van der Waals surface area (Å²) in [5.41, 5.74) is 1.22. The third kappa shape index (κ3) is 5.13. The predicted octanol–water partition coefficient (Wildman–Crippen LogP) is 2.68. The first-order valence-corrected chi connectivity index (χ1v) is 8.60. The van der Waals surface area contributed by atoms with Gasteiger partial charge in [-0.3, -0.25) is 4.79 Å². The predicted molar refractivity (Wildman–Crippen MR) is 96.9 cm³/mol. The molecule has 142 valence electrons. The Morgan fingerprint density at radius 2 is 1.81 bits per heavy atom. The van der Waals surface area contributed by atoms with Gasteiger partial charge in [-0.25, -0.2) is 4.79 Å². The van der Waals surface area contributed by atoms with Gasteiger partial charge in [0, 0.05) is 6.54 Å². The fourth-order valence-corrected chi connectivity index (χ4v) is 2.46. The molecule has 2 aromatic rings. The highest BCUT2D eigenvalue weighted by molar-refractivity contribution is 5.91. The summed E-state index contributed by atoms with van der Waals surface area (Å²) in [6, 6.07) is 12.0. The van der Waals surface area contributed by atoms with Crippen LogP contribution in [0.3, 0.4) is 0 Å². The number of hydrogen-bond acceptors (Lipinski definition) is 6. The molecule has 0 radical (unpaired) electrons. The van der Waals surface area contributed by atoms with Crippen LogP contribution in [0.1, 0.15) is 29.8 Å². The third-order valence-electron chi connectivity index (χ3n) is 3.72. The first-order chi connectivity index (χ1) is 13.0. The molecule has 27 heavy (non-hydrogen) atoms. The fourth-order valence-electron chi connectivity index (χ4n) is 2.46. The lowest BCUT2D eigenvalue weighted by Gasteiger charge is -2.10. The molecule has 0 saturated heterocycles. The van der Waals surface area contributed by atoms with Crippen molar-refractivity contribution in [2.45, 2.75) is 26.5 Å². The Morgan fingerprint density at radius 3 is 2.56 bits per heavy atom. The van der Waals surface area contributed by atoms with Crippen molar-refractivity contribution in [3.8, 4) is 17.2 Å². The monoisotopic (exact) mass is 371 g/mol. The van der Waals surface area contributed by atoms with E-state index in [9.17, 15) is 9.59 Å². The van der Waals surface area contributed by atoms with Gasteiger partial charge < -0.3 is 24.3 Å². The van der Waals surface area contributed by atoms with E-state index in [1.165, 1.54) is 0 Å². The number of fused-ring (bicyclic) bond motifs is 1. The Morgan fingerprint density at radius 1 is 1.07 bits per heavy atom. The van der Waals surface area contributed by atoms with Crippen molar-refractivity contribution in [2.75, 3.05) is 13.4 Å². The highest BCUT2D eigenvalue weighted by atomic mass is 16.7. The summed E-state index contributed by atoms with van der Waals surface area (Å²) >= 11 is 0. The van der Waals surface area contributed by atoms with Gasteiger partial charge in [0.25, 0.3) is 5.91 Å². The maximum absolute atomic E-state index is 12.0. The van der Waals surface area contributed by atoms with Crippen LogP contribution in [-0.2, 0) is 16.1 Å². The maximum Gasteiger partial charge on any atom is 0.338 e. The summed E-state index contributed by atoms with van der Waals surface area (Å²) in [6.07, 6.45) is 0.0521. The summed E-state index contributed by atoms with van der Waals surface area (Å²) < 4.78 is 21.1. The van der Waals surface area contributed by atoms with Crippen LogP contribution >= 0.6 is 0 Å². The lowest BCUT2D eigenvalue weighted by Crippen LogP contribution is -2.28. The summed E-state index contributed by atoms with van der Waals surface area (Å²) in [6.45, 7) is 3.99. The van der Waals surface area contributed by atoms with Crippen molar-refractivity contribution in [1.29, 1.82) is 0 Å². The van der Waals surface area contributed by atoms with Crippen molar-refractivity contribution >= 4 is 11.9 Å². The van der Waals surface area contributed by atoms with E-state index in [2.05, 4.69) is 5.32 Å². The van der Waals surface area contributed by atoms with Gasteiger partial charge in [-0.1, -0.05) is 6.07 Å². The van der Waals surface area contributed by atoms with Crippen LogP contribution in [0.15, 0.2) is 42.5 Å². The molecule has 0 unspecified atom stereocenters. The highest BCUT2D eigenvalue weighted by Crippen LogP contribution is 2.32. The lowest BCUT2D eigenvalue weighted by atomic mass is 10.2. The molecule has 0 spiro atoms. The Hall–Kier alpha value is -3.22. The minimum Gasteiger partial charge on any atom is -0.491 e. The molecule has 0 saturated carbocycles. The smallest absolute Gasteiger partial charge is 0.338 e. The summed E-state index contributed by atoms with van der Waals surface area (Å²) in [7, 11) is 0. The van der Waals surface area contributed by atoms with Gasteiger partial charge >= 0.3 is 5.97 Å². The number of amides is 1. The quantitative estimate of drug-likeness (QED) is 0.754. The zero-order valence-electron chi connectivity index (χ0n) is 15.2. The van der Waals surface area contributed by atoms with E-state index >= 15 is 0 Å². The van der Waals surface area contributed by atoms with Crippen molar-refractivity contribution in [3.05, 3.63) is 53.6 Å². The van der Waals surface area contributed by atoms with Crippen LogP contribution < -0.4 is 19.5 Å². The SMILES string of the molecule is CC(C)Oc1ccc(C(=O)OCC(=O)NCc2ccc3c(c2)OCO3)cc1. The number of esters is 1. The zero-order chi connectivity index (χ0) is 19.2. The van der Waals surface area contributed by atoms with Crippen LogP contribution in [0, 0.1) is 0 Å². The summed E-state index contributed by atoms with van der Waals surface area (Å²) in [5.74, 6) is 1.05. The molecule has 0 fully saturated rings. The standard InChI is InChI=1S/C20H21NO6/c1-13(2)27-16-6-4-15(5-7-16)20(23)24-11-19(22)21-10-14-3-8-17-18(9-14)26-12-25-17/h3-9,13H,10-12H2,1-2H3,(H,21,22). The third-order valence-corrected chi connectivity index (χ3v) is 3.72. The molecule has 7 heteroatoms. The molecule has 0 atom stereocenters. The van der Waals surface area contributed by atoms with Crippen LogP contribution in [0.2, 0.25) is 0 Å². The second kappa shape index (κ2) is 8.44. The molecule has 1 aliphatic heterocycles. The van der Waals surface area contributed by atoms with Crippen molar-refractivity contribution in [2.24, 2.45) is 0 Å². The van der Waals surface area contributed by atoms with E-state index in [-0.39, 0.29) is 25.4 Å². The molecular formula is C20H21NO6. The van der Waals surface area contributed by atoms with Crippen molar-refractivity contribution in [1.82, 2.24) is 5.32 Å². The van der Waals surface area contributed by atoms with Crippen LogP contribution in [0.4, 0.5) is 0 Å². The zero-order valence-corrected chi connectivity index (χ0v) is 15.2. The fraction of sp³-hybridized carbons (Fsp3) is 0.300. The topological polar surface area (TPSA) is 83.1 Å². The van der Waals surface area contributed by atoms with E-state index in [1.807, 2.05) is 19.9 Å². The Labute approximate surface area is 157 Å². The van der Waals surface area contributed by atoms with Crippen molar-refractivity contribution in [3.63, 3.8) is 0 Å². The molecular weight excluding hydrogens is 350 g/mol. The molecule has 2 aromatic carbocycles. The van der Waals surface area contributed by atoms with Gasteiger partial charge in [-0.2, -0.15) is 0 Å². The molecule has 1 heterocycles. The van der Waals surface area contributed by atoms with E-state index < -0.39 is 5.97 Å². The molecule has 1 aliphatic rings. The summed E-state index contributed by atoms with van der Waals surface area (Å²) in [4.78, 5) is 23.9. The van der Waals surface area contributed by atoms with Gasteiger partial charge in [0.1, 0.15) is 5.75 Å². The summed E-state index contributed by atoms with van der Waals surface area (Å²) in [5, 5.41) is 2.70.